The van der Waals surface area contributed by atoms with E-state index in [4.69, 9.17) is 5.73 Å². The number of nitrogens with one attached hydrogen (secondary N) is 1. The van der Waals surface area contributed by atoms with Gasteiger partial charge in [0.05, 0.1) is 0 Å². The van der Waals surface area contributed by atoms with Crippen molar-refractivity contribution in [1.82, 2.24) is 5.32 Å². The van der Waals surface area contributed by atoms with Crippen LogP contribution in [-0.2, 0) is 4.79 Å². The highest BCUT2D eigenvalue weighted by Gasteiger charge is 2.25. The minimum Gasteiger partial charge on any atom is -0.355 e. The molecule has 0 aromatic heterocycles. The maximum atomic E-state index is 11.7. The molecular weight excluding hydrogens is 244 g/mol. The lowest BCUT2D eigenvalue weighted by molar-refractivity contribution is -0.121. The summed E-state index contributed by atoms with van der Waals surface area (Å²) in [6, 6.07) is 0. The Labute approximate surface area is 117 Å². The lowest BCUT2D eigenvalue weighted by atomic mass is 10.0. The molecular formula is C14H30N2OS. The lowest BCUT2D eigenvalue weighted by Gasteiger charge is -2.29. The van der Waals surface area contributed by atoms with E-state index in [1.807, 2.05) is 11.8 Å². The first-order chi connectivity index (χ1) is 8.64. The predicted octanol–water partition coefficient (Wildman–Crippen LogP) is 2.93. The van der Waals surface area contributed by atoms with Crippen molar-refractivity contribution in [3.63, 3.8) is 0 Å². The van der Waals surface area contributed by atoms with Gasteiger partial charge < -0.3 is 11.1 Å². The summed E-state index contributed by atoms with van der Waals surface area (Å²) in [4.78, 5) is 11.7. The van der Waals surface area contributed by atoms with Crippen molar-refractivity contribution in [2.45, 2.75) is 63.5 Å². The number of nitrogens with two attached hydrogens (primary N) is 1. The van der Waals surface area contributed by atoms with Gasteiger partial charge >= 0.3 is 0 Å². The Hall–Kier alpha value is -0.220. The van der Waals surface area contributed by atoms with Gasteiger partial charge in [-0.3, -0.25) is 4.79 Å². The fourth-order valence-corrected chi connectivity index (χ4v) is 2.79. The highest BCUT2D eigenvalue weighted by atomic mass is 32.2. The van der Waals surface area contributed by atoms with Crippen LogP contribution < -0.4 is 11.1 Å². The van der Waals surface area contributed by atoms with Crippen LogP contribution in [0.5, 0.6) is 0 Å². The molecule has 0 aliphatic heterocycles. The Morgan fingerprint density at radius 2 is 1.78 bits per heavy atom. The van der Waals surface area contributed by atoms with Crippen molar-refractivity contribution in [2.75, 3.05) is 19.3 Å². The predicted molar refractivity (Wildman–Crippen MR) is 82.0 cm³/mol. The Bertz CT molecular complexity index is 210. The smallest absolute Gasteiger partial charge is 0.220 e. The maximum Gasteiger partial charge on any atom is 0.220 e. The van der Waals surface area contributed by atoms with Crippen LogP contribution in [0.1, 0.15) is 58.8 Å². The first-order valence-corrected chi connectivity index (χ1v) is 8.38. The molecule has 3 nitrogen and oxygen atoms in total. The van der Waals surface area contributed by atoms with E-state index >= 15 is 0 Å². The van der Waals surface area contributed by atoms with Crippen LogP contribution in [0.2, 0.25) is 0 Å². The Kier molecular flexibility index (Phi) is 10.5. The SMILES string of the molecule is CCC(CC)(CNC(=O)CCCCCCN)SC. The number of carbonyl (C=O) groups excluding carboxylic acids is 1. The molecule has 0 radical (unpaired) electrons. The van der Waals surface area contributed by atoms with Gasteiger partial charge in [-0.25, -0.2) is 0 Å². The molecule has 0 bridgehead atoms. The van der Waals surface area contributed by atoms with E-state index in [0.29, 0.717) is 6.42 Å². The summed E-state index contributed by atoms with van der Waals surface area (Å²) < 4.78 is 0.217. The van der Waals surface area contributed by atoms with Crippen molar-refractivity contribution >= 4 is 17.7 Å². The molecule has 4 heteroatoms. The number of hydrogen-bond acceptors (Lipinski definition) is 3. The molecule has 0 fully saturated rings. The summed E-state index contributed by atoms with van der Waals surface area (Å²) in [5.74, 6) is 0.197. The van der Waals surface area contributed by atoms with Gasteiger partial charge in [0.2, 0.25) is 5.91 Å². The van der Waals surface area contributed by atoms with E-state index in [-0.39, 0.29) is 10.7 Å². The second kappa shape index (κ2) is 10.7. The highest BCUT2D eigenvalue weighted by Crippen LogP contribution is 2.29. The fraction of sp³-hybridized carbons (Fsp3) is 0.929. The summed E-state index contributed by atoms with van der Waals surface area (Å²) in [6.07, 6.45) is 9.29. The first kappa shape index (κ1) is 17.8. The van der Waals surface area contributed by atoms with Gasteiger partial charge in [-0.05, 0) is 38.5 Å². The summed E-state index contributed by atoms with van der Waals surface area (Å²) in [6.45, 7) is 5.94. The summed E-state index contributed by atoms with van der Waals surface area (Å²) in [5.41, 5.74) is 5.43. The third kappa shape index (κ3) is 7.27. The van der Waals surface area contributed by atoms with Gasteiger partial charge in [-0.1, -0.05) is 26.7 Å². The number of thioether (sulfide) groups is 1. The van der Waals surface area contributed by atoms with Crippen LogP contribution in [0.15, 0.2) is 0 Å². The molecule has 0 heterocycles. The molecule has 0 spiro atoms. The van der Waals surface area contributed by atoms with E-state index in [9.17, 15) is 4.79 Å². The molecule has 1 amide bonds. The topological polar surface area (TPSA) is 55.1 Å². The molecule has 0 aromatic rings. The Morgan fingerprint density at radius 3 is 2.28 bits per heavy atom. The van der Waals surface area contributed by atoms with Crippen LogP contribution in [-0.4, -0.2) is 30.0 Å². The molecule has 0 aliphatic rings. The average molecular weight is 274 g/mol. The quantitative estimate of drug-likeness (QED) is 0.570. The van der Waals surface area contributed by atoms with Crippen molar-refractivity contribution in [1.29, 1.82) is 0 Å². The van der Waals surface area contributed by atoms with Gasteiger partial charge in [0.25, 0.3) is 0 Å². The van der Waals surface area contributed by atoms with E-state index in [1.165, 1.54) is 0 Å². The van der Waals surface area contributed by atoms with Gasteiger partial charge in [-0.2, -0.15) is 11.8 Å². The average Bonchev–Trinajstić information content (AvgIpc) is 2.41. The zero-order valence-electron chi connectivity index (χ0n) is 12.3. The molecule has 0 saturated carbocycles. The Balaban J connectivity index is 3.74. The minimum atomic E-state index is 0.197. The number of rotatable bonds is 11. The van der Waals surface area contributed by atoms with E-state index in [1.54, 1.807) is 0 Å². The van der Waals surface area contributed by atoms with Gasteiger partial charge in [0.1, 0.15) is 0 Å². The molecule has 0 aromatic carbocycles. The molecule has 0 atom stereocenters. The van der Waals surface area contributed by atoms with Gasteiger partial charge in [0, 0.05) is 17.7 Å². The largest absolute Gasteiger partial charge is 0.355 e. The maximum absolute atomic E-state index is 11.7. The number of amides is 1. The number of carbonyl (C=O) groups is 1. The molecule has 108 valence electrons. The lowest BCUT2D eigenvalue weighted by Crippen LogP contribution is -2.39. The third-order valence-electron chi connectivity index (χ3n) is 3.69. The monoisotopic (exact) mass is 274 g/mol. The second-order valence-electron chi connectivity index (χ2n) is 4.82. The van der Waals surface area contributed by atoms with Crippen LogP contribution in [0.3, 0.4) is 0 Å². The molecule has 0 unspecified atom stereocenters. The van der Waals surface area contributed by atoms with Gasteiger partial charge in [0.15, 0.2) is 0 Å². The summed E-state index contributed by atoms with van der Waals surface area (Å²) in [7, 11) is 0. The van der Waals surface area contributed by atoms with Crippen LogP contribution in [0.4, 0.5) is 0 Å². The fourth-order valence-electron chi connectivity index (χ4n) is 1.99. The van der Waals surface area contributed by atoms with Crippen molar-refractivity contribution in [2.24, 2.45) is 5.73 Å². The van der Waals surface area contributed by atoms with Crippen molar-refractivity contribution < 1.29 is 4.79 Å². The number of unbranched alkanes of at least 4 members (excludes halogenated alkanes) is 3. The molecule has 18 heavy (non-hydrogen) atoms. The molecule has 0 saturated heterocycles. The molecule has 0 aliphatic carbocycles. The first-order valence-electron chi connectivity index (χ1n) is 7.16. The standard InChI is InChI=1S/C14H30N2OS/c1-4-14(5-2,18-3)12-16-13(17)10-8-6-7-9-11-15/h4-12,15H2,1-3H3,(H,16,17). The summed E-state index contributed by atoms with van der Waals surface area (Å²) in [5, 5.41) is 3.08. The Morgan fingerprint density at radius 1 is 1.17 bits per heavy atom. The normalized spacial score (nSPS) is 11.6. The number of hydrogen-bond donors (Lipinski definition) is 2. The van der Waals surface area contributed by atoms with E-state index in [0.717, 1.165) is 51.6 Å². The summed E-state index contributed by atoms with van der Waals surface area (Å²) >= 11 is 1.87. The van der Waals surface area contributed by atoms with Crippen LogP contribution in [0, 0.1) is 0 Å². The van der Waals surface area contributed by atoms with Crippen molar-refractivity contribution in [3.05, 3.63) is 0 Å². The van der Waals surface area contributed by atoms with E-state index in [2.05, 4.69) is 25.4 Å². The minimum absolute atomic E-state index is 0.197. The van der Waals surface area contributed by atoms with Crippen LogP contribution in [0.25, 0.3) is 0 Å². The van der Waals surface area contributed by atoms with Crippen molar-refractivity contribution in [3.8, 4) is 0 Å². The highest BCUT2D eigenvalue weighted by molar-refractivity contribution is 8.00. The third-order valence-corrected chi connectivity index (χ3v) is 5.28. The van der Waals surface area contributed by atoms with E-state index < -0.39 is 0 Å². The van der Waals surface area contributed by atoms with Crippen LogP contribution >= 0.6 is 11.8 Å². The van der Waals surface area contributed by atoms with Gasteiger partial charge in [-0.15, -0.1) is 0 Å². The second-order valence-corrected chi connectivity index (χ2v) is 6.10. The zero-order valence-corrected chi connectivity index (χ0v) is 13.1. The molecule has 0 rings (SSSR count). The molecule has 3 N–H and O–H groups in total. The zero-order chi connectivity index (χ0) is 13.9.